The van der Waals surface area contributed by atoms with Gasteiger partial charge in [0, 0.05) is 19.2 Å². The maximum Gasteiger partial charge on any atom is 0.323 e. The Kier molecular flexibility index (Phi) is 5.21. The number of ether oxygens (including phenoxy) is 1. The van der Waals surface area contributed by atoms with E-state index in [-0.39, 0.29) is 12.0 Å². The van der Waals surface area contributed by atoms with Gasteiger partial charge in [0.05, 0.1) is 5.69 Å². The summed E-state index contributed by atoms with van der Waals surface area (Å²) < 4.78 is 7.18. The highest BCUT2D eigenvalue weighted by atomic mass is 35.5. The highest BCUT2D eigenvalue weighted by Gasteiger charge is 2.33. The molecule has 1 aliphatic heterocycles. The minimum absolute atomic E-state index is 0.158. The van der Waals surface area contributed by atoms with Crippen LogP contribution in [0.3, 0.4) is 0 Å². The SMILES string of the molecule is Cc1nn(C)c(Cl)c1CN1CCC[C@@H]1C(=O)OCc1ccccc1. The molecule has 0 radical (unpaired) electrons. The molecule has 0 aliphatic carbocycles. The average molecular weight is 348 g/mol. The molecule has 0 spiro atoms. The molecule has 1 aliphatic rings. The molecule has 2 aromatic rings. The summed E-state index contributed by atoms with van der Waals surface area (Å²) in [5, 5.41) is 4.98. The number of aryl methyl sites for hydroxylation is 2. The van der Waals surface area contributed by atoms with E-state index in [1.807, 2.05) is 44.3 Å². The van der Waals surface area contributed by atoms with Gasteiger partial charge in [-0.1, -0.05) is 41.9 Å². The third-order valence-corrected chi connectivity index (χ3v) is 4.96. The number of carbonyl (C=O) groups excluding carboxylic acids is 1. The molecule has 0 N–H and O–H groups in total. The third-order valence-electron chi connectivity index (χ3n) is 4.49. The molecule has 1 saturated heterocycles. The van der Waals surface area contributed by atoms with Crippen LogP contribution in [0.1, 0.15) is 29.7 Å². The molecule has 5 nitrogen and oxygen atoms in total. The molecule has 0 unspecified atom stereocenters. The molecule has 128 valence electrons. The van der Waals surface area contributed by atoms with Crippen LogP contribution in [-0.2, 0) is 29.7 Å². The lowest BCUT2D eigenvalue weighted by molar-refractivity contribution is -0.150. The smallest absolute Gasteiger partial charge is 0.323 e. The molecule has 1 fully saturated rings. The Hall–Kier alpha value is -1.85. The van der Waals surface area contributed by atoms with Crippen molar-refractivity contribution >= 4 is 17.6 Å². The van der Waals surface area contributed by atoms with Crippen molar-refractivity contribution < 1.29 is 9.53 Å². The minimum Gasteiger partial charge on any atom is -0.460 e. The lowest BCUT2D eigenvalue weighted by atomic mass is 10.2. The van der Waals surface area contributed by atoms with Crippen LogP contribution in [0.25, 0.3) is 0 Å². The highest BCUT2D eigenvalue weighted by Crippen LogP contribution is 2.26. The number of halogens is 1. The first-order chi connectivity index (χ1) is 11.6. The molecule has 0 saturated carbocycles. The quantitative estimate of drug-likeness (QED) is 0.780. The fraction of sp³-hybridized carbons (Fsp3) is 0.444. The zero-order valence-corrected chi connectivity index (χ0v) is 14.8. The fourth-order valence-electron chi connectivity index (χ4n) is 3.16. The van der Waals surface area contributed by atoms with E-state index in [2.05, 4.69) is 10.00 Å². The standard InChI is InChI=1S/C18H22ClN3O2/c1-13-15(17(19)21(2)20-13)11-22-10-6-9-16(22)18(23)24-12-14-7-4-3-5-8-14/h3-5,7-8,16H,6,9-12H2,1-2H3/t16-/m1/s1. The Bertz CT molecular complexity index is 715. The second-order valence-electron chi connectivity index (χ2n) is 6.20. The minimum atomic E-state index is -0.204. The second kappa shape index (κ2) is 7.36. The van der Waals surface area contributed by atoms with Crippen LogP contribution in [0.15, 0.2) is 30.3 Å². The van der Waals surface area contributed by atoms with Crippen molar-refractivity contribution in [1.82, 2.24) is 14.7 Å². The van der Waals surface area contributed by atoms with Gasteiger partial charge in [0.15, 0.2) is 0 Å². The van der Waals surface area contributed by atoms with E-state index in [1.54, 1.807) is 4.68 Å². The Morgan fingerprint density at radius 2 is 2.12 bits per heavy atom. The van der Waals surface area contributed by atoms with E-state index < -0.39 is 0 Å². The topological polar surface area (TPSA) is 47.4 Å². The number of rotatable bonds is 5. The first-order valence-corrected chi connectivity index (χ1v) is 8.56. The van der Waals surface area contributed by atoms with Crippen molar-refractivity contribution in [1.29, 1.82) is 0 Å². The molecule has 0 amide bonds. The van der Waals surface area contributed by atoms with Gasteiger partial charge in [0.2, 0.25) is 0 Å². The lowest BCUT2D eigenvalue weighted by Crippen LogP contribution is -2.36. The van der Waals surface area contributed by atoms with Crippen LogP contribution in [0.5, 0.6) is 0 Å². The predicted octanol–water partition coefficient (Wildman–Crippen LogP) is 3.09. The molecule has 24 heavy (non-hydrogen) atoms. The van der Waals surface area contributed by atoms with Gasteiger partial charge in [0.25, 0.3) is 0 Å². The number of hydrogen-bond donors (Lipinski definition) is 0. The summed E-state index contributed by atoms with van der Waals surface area (Å²) in [5.41, 5.74) is 2.90. The van der Waals surface area contributed by atoms with E-state index in [9.17, 15) is 4.79 Å². The van der Waals surface area contributed by atoms with Gasteiger partial charge >= 0.3 is 5.97 Å². The van der Waals surface area contributed by atoms with Crippen LogP contribution < -0.4 is 0 Å². The molecule has 1 aromatic carbocycles. The number of hydrogen-bond acceptors (Lipinski definition) is 4. The molecule has 1 atom stereocenters. The van der Waals surface area contributed by atoms with E-state index in [0.29, 0.717) is 18.3 Å². The Labute approximate surface area is 147 Å². The van der Waals surface area contributed by atoms with E-state index >= 15 is 0 Å². The zero-order chi connectivity index (χ0) is 17.1. The summed E-state index contributed by atoms with van der Waals surface area (Å²) in [6.45, 7) is 3.76. The maximum absolute atomic E-state index is 12.5. The van der Waals surface area contributed by atoms with Gasteiger partial charge in [-0.05, 0) is 31.9 Å². The van der Waals surface area contributed by atoms with Crippen molar-refractivity contribution in [2.24, 2.45) is 7.05 Å². The van der Waals surface area contributed by atoms with Crippen molar-refractivity contribution in [2.75, 3.05) is 6.54 Å². The normalized spacial score (nSPS) is 18.0. The Morgan fingerprint density at radius 1 is 1.38 bits per heavy atom. The van der Waals surface area contributed by atoms with Crippen LogP contribution in [-0.4, -0.2) is 33.2 Å². The summed E-state index contributed by atoms with van der Waals surface area (Å²) in [6, 6.07) is 9.54. The van der Waals surface area contributed by atoms with Gasteiger partial charge in [-0.25, -0.2) is 0 Å². The molecule has 0 bridgehead atoms. The summed E-state index contributed by atoms with van der Waals surface area (Å²) in [5.74, 6) is -0.158. The number of carbonyl (C=O) groups is 1. The van der Waals surface area contributed by atoms with Gasteiger partial charge in [-0.3, -0.25) is 14.4 Å². The number of nitrogens with zero attached hydrogens (tertiary/aromatic N) is 3. The van der Waals surface area contributed by atoms with Crippen molar-refractivity contribution in [3.63, 3.8) is 0 Å². The van der Waals surface area contributed by atoms with Gasteiger partial charge in [-0.15, -0.1) is 0 Å². The first kappa shape index (κ1) is 17.0. The number of benzene rings is 1. The molecular weight excluding hydrogens is 326 g/mol. The molecule has 6 heteroatoms. The van der Waals surface area contributed by atoms with Gasteiger partial charge < -0.3 is 4.74 Å². The maximum atomic E-state index is 12.5. The predicted molar refractivity (Wildman–Crippen MR) is 92.6 cm³/mol. The monoisotopic (exact) mass is 347 g/mol. The Balaban J connectivity index is 1.63. The molecule has 2 heterocycles. The largest absolute Gasteiger partial charge is 0.460 e. The number of likely N-dealkylation sites (tertiary alicyclic amines) is 1. The fourth-order valence-corrected chi connectivity index (χ4v) is 3.40. The van der Waals surface area contributed by atoms with E-state index in [4.69, 9.17) is 16.3 Å². The van der Waals surface area contributed by atoms with E-state index in [0.717, 1.165) is 36.2 Å². The van der Waals surface area contributed by atoms with Gasteiger partial charge in [-0.2, -0.15) is 5.10 Å². The van der Waals surface area contributed by atoms with Crippen LogP contribution in [0, 0.1) is 6.92 Å². The van der Waals surface area contributed by atoms with Gasteiger partial charge in [0.1, 0.15) is 17.8 Å². The second-order valence-corrected chi connectivity index (χ2v) is 6.56. The Morgan fingerprint density at radius 3 is 2.79 bits per heavy atom. The lowest BCUT2D eigenvalue weighted by Gasteiger charge is -2.23. The zero-order valence-electron chi connectivity index (χ0n) is 14.0. The van der Waals surface area contributed by atoms with Crippen LogP contribution >= 0.6 is 11.6 Å². The van der Waals surface area contributed by atoms with E-state index in [1.165, 1.54) is 0 Å². The first-order valence-electron chi connectivity index (χ1n) is 8.19. The summed E-state index contributed by atoms with van der Waals surface area (Å²) in [4.78, 5) is 14.6. The number of aromatic nitrogens is 2. The molecule has 1 aromatic heterocycles. The summed E-state index contributed by atoms with van der Waals surface area (Å²) in [6.07, 6.45) is 1.81. The third kappa shape index (κ3) is 3.62. The van der Waals surface area contributed by atoms with Crippen LogP contribution in [0.2, 0.25) is 5.15 Å². The summed E-state index contributed by atoms with van der Waals surface area (Å²) >= 11 is 6.32. The highest BCUT2D eigenvalue weighted by molar-refractivity contribution is 6.30. The molecular formula is C18H22ClN3O2. The van der Waals surface area contributed by atoms with Crippen molar-refractivity contribution in [3.05, 3.63) is 52.3 Å². The van der Waals surface area contributed by atoms with Crippen molar-refractivity contribution in [2.45, 2.75) is 39.0 Å². The van der Waals surface area contributed by atoms with Crippen molar-refractivity contribution in [3.8, 4) is 0 Å². The molecule has 3 rings (SSSR count). The van der Waals surface area contributed by atoms with Crippen LogP contribution in [0.4, 0.5) is 0 Å². The number of esters is 1. The summed E-state index contributed by atoms with van der Waals surface area (Å²) in [7, 11) is 1.83. The average Bonchev–Trinajstić information content (AvgIpc) is 3.14.